The summed E-state index contributed by atoms with van der Waals surface area (Å²) in [5, 5.41) is 3.54. The Kier molecular flexibility index (Phi) is 5.26. The van der Waals surface area contributed by atoms with E-state index in [0.29, 0.717) is 5.91 Å². The summed E-state index contributed by atoms with van der Waals surface area (Å²) in [5.74, 6) is 1.88. The second-order valence-corrected chi connectivity index (χ2v) is 6.44. The van der Waals surface area contributed by atoms with Gasteiger partial charge >= 0.3 is 0 Å². The number of hydrogen-bond donors (Lipinski definition) is 1. The van der Waals surface area contributed by atoms with Crippen LogP contribution in [0.3, 0.4) is 0 Å². The molecule has 2 aliphatic rings. The topological polar surface area (TPSA) is 32.3 Å². The van der Waals surface area contributed by atoms with Crippen LogP contribution in [0.4, 0.5) is 0 Å². The van der Waals surface area contributed by atoms with Crippen LogP contribution in [0.2, 0.25) is 0 Å². The minimum absolute atomic E-state index is 0.0848. The molecule has 4 atom stereocenters. The van der Waals surface area contributed by atoms with Gasteiger partial charge in [-0.2, -0.15) is 0 Å². The summed E-state index contributed by atoms with van der Waals surface area (Å²) >= 11 is 0. The van der Waals surface area contributed by atoms with Crippen molar-refractivity contribution < 1.29 is 4.79 Å². The molecule has 1 amide bonds. The second kappa shape index (κ2) is 6.74. The van der Waals surface area contributed by atoms with E-state index in [9.17, 15) is 4.79 Å². The van der Waals surface area contributed by atoms with Crippen LogP contribution in [0.5, 0.6) is 0 Å². The molecule has 1 saturated carbocycles. The van der Waals surface area contributed by atoms with Crippen molar-refractivity contribution in [1.29, 1.82) is 0 Å². The lowest BCUT2D eigenvalue weighted by Crippen LogP contribution is -2.40. The minimum Gasteiger partial charge on any atom is -0.326 e. The molecule has 1 N–H and O–H groups in total. The van der Waals surface area contributed by atoms with E-state index in [2.05, 4.69) is 31.0 Å². The third-order valence-electron chi connectivity index (χ3n) is 5.05. The van der Waals surface area contributed by atoms with E-state index in [0.717, 1.165) is 37.6 Å². The normalized spacial score (nSPS) is 35.3. The summed E-state index contributed by atoms with van der Waals surface area (Å²) in [7, 11) is 0. The lowest BCUT2D eigenvalue weighted by Gasteiger charge is -2.28. The smallest absolute Gasteiger partial charge is 0.241 e. The Bertz CT molecular complexity index is 305. The summed E-state index contributed by atoms with van der Waals surface area (Å²) in [5.41, 5.74) is 0. The standard InChI is InChI=1S/C16H30N2O/c1-4-6-10-14-16(19)18(15(5-2)17-14)11-13-9-7-8-12(13)3/h12-15,17H,4-11H2,1-3H3. The number of carbonyl (C=O) groups is 1. The summed E-state index contributed by atoms with van der Waals surface area (Å²) in [6, 6.07) is 0.0848. The van der Waals surface area contributed by atoms with E-state index >= 15 is 0 Å². The fraction of sp³-hybridized carbons (Fsp3) is 0.938. The van der Waals surface area contributed by atoms with Crippen LogP contribution in [0, 0.1) is 11.8 Å². The Hall–Kier alpha value is -0.570. The summed E-state index contributed by atoms with van der Waals surface area (Å²) < 4.78 is 0. The van der Waals surface area contributed by atoms with Gasteiger partial charge in [0.2, 0.25) is 5.91 Å². The maximum Gasteiger partial charge on any atom is 0.241 e. The number of amides is 1. The predicted molar refractivity (Wildman–Crippen MR) is 78.7 cm³/mol. The molecule has 4 unspecified atom stereocenters. The molecule has 110 valence electrons. The first-order valence-corrected chi connectivity index (χ1v) is 8.23. The quantitative estimate of drug-likeness (QED) is 0.801. The van der Waals surface area contributed by atoms with Crippen LogP contribution >= 0.6 is 0 Å². The van der Waals surface area contributed by atoms with Gasteiger partial charge in [-0.15, -0.1) is 0 Å². The summed E-state index contributed by atoms with van der Waals surface area (Å²) in [6.45, 7) is 7.70. The highest BCUT2D eigenvalue weighted by atomic mass is 16.2. The van der Waals surface area contributed by atoms with Crippen molar-refractivity contribution in [2.24, 2.45) is 11.8 Å². The largest absolute Gasteiger partial charge is 0.326 e. The van der Waals surface area contributed by atoms with Gasteiger partial charge in [0.25, 0.3) is 0 Å². The average Bonchev–Trinajstić information content (AvgIpc) is 2.94. The fourth-order valence-corrected chi connectivity index (χ4v) is 3.66. The van der Waals surface area contributed by atoms with Crippen molar-refractivity contribution in [3.63, 3.8) is 0 Å². The average molecular weight is 266 g/mol. The first-order valence-electron chi connectivity index (χ1n) is 8.23. The van der Waals surface area contributed by atoms with Crippen LogP contribution in [-0.2, 0) is 4.79 Å². The number of nitrogens with one attached hydrogen (secondary N) is 1. The zero-order valence-electron chi connectivity index (χ0n) is 12.8. The number of rotatable bonds is 6. The molecule has 1 aliphatic heterocycles. The molecule has 0 radical (unpaired) electrons. The molecule has 0 aromatic rings. The van der Waals surface area contributed by atoms with Gasteiger partial charge < -0.3 is 4.90 Å². The first-order chi connectivity index (χ1) is 9.17. The van der Waals surface area contributed by atoms with Crippen LogP contribution in [0.25, 0.3) is 0 Å². The van der Waals surface area contributed by atoms with Gasteiger partial charge in [0.15, 0.2) is 0 Å². The molecule has 0 bridgehead atoms. The van der Waals surface area contributed by atoms with Gasteiger partial charge in [0.05, 0.1) is 12.2 Å². The van der Waals surface area contributed by atoms with Gasteiger partial charge in [-0.1, -0.05) is 46.5 Å². The molecule has 2 fully saturated rings. The van der Waals surface area contributed by atoms with E-state index in [-0.39, 0.29) is 12.2 Å². The van der Waals surface area contributed by atoms with Crippen molar-refractivity contribution >= 4 is 5.91 Å². The van der Waals surface area contributed by atoms with Crippen molar-refractivity contribution in [2.45, 2.75) is 77.9 Å². The Morgan fingerprint density at radius 2 is 2.11 bits per heavy atom. The van der Waals surface area contributed by atoms with Gasteiger partial charge in [0.1, 0.15) is 0 Å². The lowest BCUT2D eigenvalue weighted by atomic mass is 9.97. The zero-order chi connectivity index (χ0) is 13.8. The fourth-order valence-electron chi connectivity index (χ4n) is 3.66. The molecule has 1 aliphatic carbocycles. The molecule has 0 spiro atoms. The summed E-state index contributed by atoms with van der Waals surface area (Å²) in [6.07, 6.45) is 8.62. The highest BCUT2D eigenvalue weighted by Gasteiger charge is 2.39. The Balaban J connectivity index is 1.95. The molecule has 1 saturated heterocycles. The number of carbonyl (C=O) groups excluding carboxylic acids is 1. The monoisotopic (exact) mass is 266 g/mol. The molecule has 1 heterocycles. The Morgan fingerprint density at radius 3 is 2.68 bits per heavy atom. The summed E-state index contributed by atoms with van der Waals surface area (Å²) in [4.78, 5) is 14.7. The van der Waals surface area contributed by atoms with Gasteiger partial charge in [0, 0.05) is 6.54 Å². The van der Waals surface area contributed by atoms with E-state index in [4.69, 9.17) is 0 Å². The van der Waals surface area contributed by atoms with E-state index in [1.807, 2.05) is 0 Å². The highest BCUT2D eigenvalue weighted by molar-refractivity contribution is 5.84. The molecule has 3 heteroatoms. The van der Waals surface area contributed by atoms with Gasteiger partial charge in [-0.25, -0.2) is 0 Å². The van der Waals surface area contributed by atoms with Crippen LogP contribution in [0.15, 0.2) is 0 Å². The van der Waals surface area contributed by atoms with Crippen molar-refractivity contribution in [2.75, 3.05) is 6.54 Å². The van der Waals surface area contributed by atoms with Gasteiger partial charge in [-0.3, -0.25) is 10.1 Å². The number of nitrogens with zero attached hydrogens (tertiary/aromatic N) is 1. The molecule has 2 rings (SSSR count). The third kappa shape index (κ3) is 3.31. The van der Waals surface area contributed by atoms with Crippen LogP contribution in [0.1, 0.15) is 65.7 Å². The maximum atomic E-state index is 12.5. The van der Waals surface area contributed by atoms with E-state index in [1.54, 1.807) is 0 Å². The molecule has 0 aromatic carbocycles. The molecular weight excluding hydrogens is 236 g/mol. The van der Waals surface area contributed by atoms with Crippen LogP contribution in [-0.4, -0.2) is 29.6 Å². The molecule has 0 aromatic heterocycles. The molecular formula is C16H30N2O. The molecule has 3 nitrogen and oxygen atoms in total. The predicted octanol–water partition coefficient (Wildman–Crippen LogP) is 3.15. The van der Waals surface area contributed by atoms with Crippen LogP contribution < -0.4 is 5.32 Å². The Morgan fingerprint density at radius 1 is 1.32 bits per heavy atom. The number of hydrogen-bond acceptors (Lipinski definition) is 2. The lowest BCUT2D eigenvalue weighted by molar-refractivity contribution is -0.131. The van der Waals surface area contributed by atoms with Crippen molar-refractivity contribution in [3.8, 4) is 0 Å². The number of unbranched alkanes of at least 4 members (excludes halogenated alkanes) is 1. The second-order valence-electron chi connectivity index (χ2n) is 6.44. The van der Waals surface area contributed by atoms with Crippen molar-refractivity contribution in [1.82, 2.24) is 10.2 Å². The zero-order valence-corrected chi connectivity index (χ0v) is 12.8. The molecule has 19 heavy (non-hydrogen) atoms. The first kappa shape index (κ1) is 14.8. The van der Waals surface area contributed by atoms with E-state index < -0.39 is 0 Å². The van der Waals surface area contributed by atoms with Crippen molar-refractivity contribution in [3.05, 3.63) is 0 Å². The van der Waals surface area contributed by atoms with E-state index in [1.165, 1.54) is 25.7 Å². The Labute approximate surface area is 118 Å². The third-order valence-corrected chi connectivity index (χ3v) is 5.05. The van der Waals surface area contributed by atoms with Gasteiger partial charge in [-0.05, 0) is 31.1 Å². The highest BCUT2D eigenvalue weighted by Crippen LogP contribution is 2.33. The minimum atomic E-state index is 0.0848. The SMILES string of the molecule is CCCCC1NC(CC)N(CC2CCCC2C)C1=O. The maximum absolute atomic E-state index is 12.5.